The molecule has 3 saturated heterocycles. The second-order valence-electron chi connectivity index (χ2n) is 9.13. The van der Waals surface area contributed by atoms with Gasteiger partial charge >= 0.3 is 5.97 Å². The van der Waals surface area contributed by atoms with Crippen molar-refractivity contribution in [2.24, 2.45) is 11.8 Å². The largest absolute Gasteiger partial charge is 1.00 e. The summed E-state index contributed by atoms with van der Waals surface area (Å²) in [5.41, 5.74) is -1.49. The Labute approximate surface area is 188 Å². The van der Waals surface area contributed by atoms with E-state index in [1.165, 1.54) is 11.3 Å². The fourth-order valence-corrected chi connectivity index (χ4v) is 6.65. The molecule has 4 aliphatic rings. The molecular weight excluding hydrogens is 454 g/mol. The molecule has 3 aliphatic heterocycles. The number of aliphatic hydroxyl groups excluding tert-OH is 1. The second-order valence-corrected chi connectivity index (χ2v) is 10.1. The highest BCUT2D eigenvalue weighted by Crippen LogP contribution is 2.44. The number of fused-ring (bicyclic) bond motifs is 3. The van der Waals surface area contributed by atoms with Crippen molar-refractivity contribution >= 4 is 17.3 Å². The number of unbranched alkanes of at least 4 members (excludes halogenated alkanes) is 1. The summed E-state index contributed by atoms with van der Waals surface area (Å²) in [6.45, 7) is 4.48. The van der Waals surface area contributed by atoms with Crippen LogP contribution in [0.25, 0.3) is 0 Å². The monoisotopic (exact) mass is 487 g/mol. The van der Waals surface area contributed by atoms with Crippen LogP contribution in [0.4, 0.5) is 0 Å². The zero-order chi connectivity index (χ0) is 19.6. The van der Waals surface area contributed by atoms with Crippen molar-refractivity contribution in [3.8, 4) is 0 Å². The van der Waals surface area contributed by atoms with Crippen LogP contribution in [0, 0.1) is 11.8 Å². The first kappa shape index (κ1) is 23.2. The molecular formula is C22H34BrNO4S. The van der Waals surface area contributed by atoms with E-state index in [9.17, 15) is 9.90 Å². The van der Waals surface area contributed by atoms with Gasteiger partial charge in [-0.25, -0.2) is 4.79 Å². The fraction of sp³-hybridized carbons (Fsp3) is 0.773. The van der Waals surface area contributed by atoms with Gasteiger partial charge in [0.2, 0.25) is 0 Å². The molecule has 4 heterocycles. The number of hydrogen-bond donors (Lipinski definition) is 2. The van der Waals surface area contributed by atoms with Crippen molar-refractivity contribution in [2.75, 3.05) is 32.8 Å². The highest BCUT2D eigenvalue weighted by Gasteiger charge is 2.52. The van der Waals surface area contributed by atoms with Crippen molar-refractivity contribution in [1.82, 2.24) is 0 Å². The first-order valence-corrected chi connectivity index (χ1v) is 11.9. The first-order chi connectivity index (χ1) is 13.6. The van der Waals surface area contributed by atoms with Crippen LogP contribution in [0.5, 0.6) is 0 Å². The van der Waals surface area contributed by atoms with Crippen LogP contribution in [0.15, 0.2) is 17.5 Å². The van der Waals surface area contributed by atoms with Crippen LogP contribution < -0.4 is 17.0 Å². The molecule has 1 aromatic heterocycles. The number of rotatable bonds is 8. The van der Waals surface area contributed by atoms with E-state index >= 15 is 0 Å². The number of thiophene rings is 1. The van der Waals surface area contributed by atoms with Crippen LogP contribution in [0.1, 0.15) is 56.2 Å². The predicted molar refractivity (Wildman–Crippen MR) is 109 cm³/mol. The summed E-state index contributed by atoms with van der Waals surface area (Å²) in [4.78, 5) is 14.1. The van der Waals surface area contributed by atoms with Gasteiger partial charge in [-0.05, 0) is 37.1 Å². The molecule has 5 rings (SSSR count). The van der Waals surface area contributed by atoms with Crippen LogP contribution in [0.3, 0.4) is 0 Å². The van der Waals surface area contributed by atoms with Gasteiger partial charge in [-0.2, -0.15) is 0 Å². The summed E-state index contributed by atoms with van der Waals surface area (Å²) in [7, 11) is 0. The molecule has 0 radical (unpaired) electrons. The summed E-state index contributed by atoms with van der Waals surface area (Å²) in [6, 6.07) is 3.78. The number of hydrogen-bond acceptors (Lipinski definition) is 5. The van der Waals surface area contributed by atoms with E-state index in [1.54, 1.807) is 0 Å². The molecule has 7 heteroatoms. The summed E-state index contributed by atoms with van der Waals surface area (Å²) >= 11 is 1.46. The minimum Gasteiger partial charge on any atom is -1.00 e. The Morgan fingerprint density at radius 2 is 1.93 bits per heavy atom. The van der Waals surface area contributed by atoms with Gasteiger partial charge in [0.05, 0.1) is 19.6 Å². The molecule has 2 N–H and O–H groups in total. The van der Waals surface area contributed by atoms with Crippen molar-refractivity contribution in [3.05, 3.63) is 22.4 Å². The Bertz CT molecular complexity index is 656. The van der Waals surface area contributed by atoms with E-state index < -0.39 is 11.6 Å². The SMILES string of the molecule is O=C(O[C@H]1C[N+]2(CCCCO)CCC1CC2)[C@](O)(c1cccs1)C1CCCC1.[Br-]. The molecule has 2 atom stereocenters. The number of carbonyl (C=O) groups excluding carboxylic acids is 1. The minimum absolute atomic E-state index is 0. The van der Waals surface area contributed by atoms with Gasteiger partial charge in [-0.15, -0.1) is 11.3 Å². The molecule has 5 nitrogen and oxygen atoms in total. The fourth-order valence-electron chi connectivity index (χ4n) is 5.76. The zero-order valence-electron chi connectivity index (χ0n) is 17.1. The highest BCUT2D eigenvalue weighted by atomic mass is 79.9. The maximum Gasteiger partial charge on any atom is 0.344 e. The topological polar surface area (TPSA) is 66.8 Å². The van der Waals surface area contributed by atoms with Crippen molar-refractivity contribution < 1.29 is 41.2 Å². The van der Waals surface area contributed by atoms with E-state index in [-0.39, 0.29) is 35.6 Å². The van der Waals surface area contributed by atoms with Gasteiger partial charge < -0.3 is 36.4 Å². The maximum absolute atomic E-state index is 13.4. The van der Waals surface area contributed by atoms with E-state index in [1.807, 2.05) is 17.5 Å². The molecule has 2 bridgehead atoms. The lowest BCUT2D eigenvalue weighted by Gasteiger charge is -2.52. The summed E-state index contributed by atoms with van der Waals surface area (Å²) in [5, 5.41) is 22.6. The number of nitrogens with zero attached hydrogens (tertiary/aromatic N) is 1. The highest BCUT2D eigenvalue weighted by molar-refractivity contribution is 7.10. The van der Waals surface area contributed by atoms with E-state index in [0.717, 1.165) is 86.9 Å². The Kier molecular flexibility index (Phi) is 7.82. The minimum atomic E-state index is -1.49. The van der Waals surface area contributed by atoms with Crippen LogP contribution in [-0.2, 0) is 15.1 Å². The Balaban J connectivity index is 0.00000240. The molecule has 1 aromatic rings. The average molecular weight is 488 g/mol. The molecule has 0 unspecified atom stereocenters. The summed E-state index contributed by atoms with van der Waals surface area (Å²) < 4.78 is 7.12. The number of halogens is 1. The quantitative estimate of drug-likeness (QED) is 0.309. The molecule has 29 heavy (non-hydrogen) atoms. The lowest BCUT2D eigenvalue weighted by molar-refractivity contribution is -0.946. The third kappa shape index (κ3) is 4.59. The van der Waals surface area contributed by atoms with Gasteiger partial charge in [0.1, 0.15) is 6.54 Å². The Morgan fingerprint density at radius 1 is 1.21 bits per heavy atom. The number of piperidine rings is 3. The summed E-state index contributed by atoms with van der Waals surface area (Å²) in [5.74, 6) is -0.0282. The molecule has 0 aromatic carbocycles. The van der Waals surface area contributed by atoms with Gasteiger partial charge in [-0.3, -0.25) is 0 Å². The van der Waals surface area contributed by atoms with E-state index in [4.69, 9.17) is 9.84 Å². The third-order valence-electron chi connectivity index (χ3n) is 7.49. The number of quaternary nitrogens is 1. The third-order valence-corrected chi connectivity index (χ3v) is 8.49. The van der Waals surface area contributed by atoms with Crippen molar-refractivity contribution in [3.63, 3.8) is 0 Å². The van der Waals surface area contributed by atoms with E-state index in [0.29, 0.717) is 5.92 Å². The van der Waals surface area contributed by atoms with Crippen molar-refractivity contribution in [2.45, 2.75) is 63.1 Å². The molecule has 0 spiro atoms. The lowest BCUT2D eigenvalue weighted by atomic mass is 9.82. The predicted octanol–water partition coefficient (Wildman–Crippen LogP) is 0.0546. The molecule has 0 amide bonds. The molecule has 4 fully saturated rings. The molecule has 164 valence electrons. The number of carbonyl (C=O) groups is 1. The van der Waals surface area contributed by atoms with E-state index in [2.05, 4.69) is 0 Å². The zero-order valence-corrected chi connectivity index (χ0v) is 19.5. The Hall–Kier alpha value is -0.470. The number of aliphatic hydroxyl groups is 2. The van der Waals surface area contributed by atoms with Gasteiger partial charge in [0.15, 0.2) is 11.7 Å². The molecule has 1 aliphatic carbocycles. The summed E-state index contributed by atoms with van der Waals surface area (Å²) in [6.07, 6.45) is 7.88. The first-order valence-electron chi connectivity index (χ1n) is 11.0. The lowest BCUT2D eigenvalue weighted by Crippen LogP contribution is -3.00. The average Bonchev–Trinajstić information content (AvgIpc) is 3.43. The smallest absolute Gasteiger partial charge is 0.344 e. The number of esters is 1. The van der Waals surface area contributed by atoms with Crippen LogP contribution in [0.2, 0.25) is 0 Å². The van der Waals surface area contributed by atoms with Gasteiger partial charge in [0, 0.05) is 36.2 Å². The second kappa shape index (κ2) is 9.77. The standard InChI is InChI=1S/C22H34NO4S.BrH/c24-14-4-3-11-23-12-9-17(10-13-23)19(16-23)27-21(25)22(26,18-6-1-2-7-18)20-8-5-15-28-20;/h5,8,15,17-19,24,26H,1-4,6-7,9-14,16H2;1H/q+1;/p-1/t17?,19-,22+,23?;/m0./s1. The van der Waals surface area contributed by atoms with Gasteiger partial charge in [-0.1, -0.05) is 18.9 Å². The van der Waals surface area contributed by atoms with Crippen molar-refractivity contribution in [1.29, 1.82) is 0 Å². The number of ether oxygens (including phenoxy) is 1. The van der Waals surface area contributed by atoms with Gasteiger partial charge in [0.25, 0.3) is 0 Å². The van der Waals surface area contributed by atoms with Crippen LogP contribution in [-0.4, -0.2) is 59.6 Å². The maximum atomic E-state index is 13.4. The normalized spacial score (nSPS) is 31.2. The molecule has 1 saturated carbocycles. The van der Waals surface area contributed by atoms with Crippen LogP contribution >= 0.6 is 11.3 Å². The Morgan fingerprint density at radius 3 is 2.55 bits per heavy atom.